The van der Waals surface area contributed by atoms with Crippen molar-refractivity contribution in [3.63, 3.8) is 0 Å². The van der Waals surface area contributed by atoms with E-state index in [-0.39, 0.29) is 34.8 Å². The minimum absolute atomic E-state index is 0.0393. The van der Waals surface area contributed by atoms with Gasteiger partial charge in [0, 0.05) is 18.7 Å². The second kappa shape index (κ2) is 9.27. The van der Waals surface area contributed by atoms with Crippen molar-refractivity contribution in [1.82, 2.24) is 4.90 Å². The van der Waals surface area contributed by atoms with Crippen LogP contribution in [-0.2, 0) is 19.6 Å². The van der Waals surface area contributed by atoms with Crippen LogP contribution < -0.4 is 5.32 Å². The van der Waals surface area contributed by atoms with Gasteiger partial charge < -0.3 is 5.32 Å². The molecule has 1 saturated heterocycles. The summed E-state index contributed by atoms with van der Waals surface area (Å²) in [5, 5.41) is 2.01. The molecule has 1 N–H and O–H groups in total. The lowest BCUT2D eigenvalue weighted by Gasteiger charge is -2.13. The van der Waals surface area contributed by atoms with Crippen LogP contribution in [0.5, 0.6) is 0 Å². The van der Waals surface area contributed by atoms with Gasteiger partial charge in [-0.15, -0.1) is 11.0 Å². The number of hydrogen-bond acceptors (Lipinski definition) is 5. The Kier molecular flexibility index (Phi) is 6.73. The molecule has 2 aromatic rings. The molecule has 0 saturated carbocycles. The van der Waals surface area contributed by atoms with Gasteiger partial charge in [-0.25, -0.2) is 0 Å². The molecule has 0 aliphatic carbocycles. The fourth-order valence-electron chi connectivity index (χ4n) is 2.77. The van der Waals surface area contributed by atoms with Crippen molar-refractivity contribution in [3.8, 4) is 0 Å². The fourth-order valence-corrected chi connectivity index (χ4v) is 5.14. The third-order valence-corrected chi connectivity index (χ3v) is 6.85. The average molecular weight is 444 g/mol. The molecule has 0 aromatic heterocycles. The number of hydrogen-bond donors (Lipinski definition) is 1. The van der Waals surface area contributed by atoms with E-state index in [1.807, 2.05) is 13.0 Å². The van der Waals surface area contributed by atoms with Gasteiger partial charge in [0.05, 0.1) is 4.90 Å². The quantitative estimate of drug-likeness (QED) is 0.663. The van der Waals surface area contributed by atoms with Crippen molar-refractivity contribution in [3.05, 3.63) is 72.8 Å². The molecule has 7 nitrogen and oxygen atoms in total. The Labute approximate surface area is 179 Å². The second-order valence-electron chi connectivity index (χ2n) is 6.62. The van der Waals surface area contributed by atoms with Gasteiger partial charge in [-0.05, 0) is 31.2 Å². The number of nitrogens with one attached hydrogen (secondary N) is 1. The van der Waals surface area contributed by atoms with Crippen molar-refractivity contribution < 1.29 is 18.0 Å². The van der Waals surface area contributed by atoms with E-state index in [1.165, 1.54) is 23.1 Å². The first kappa shape index (κ1) is 21.8. The van der Waals surface area contributed by atoms with Crippen molar-refractivity contribution >= 4 is 44.5 Å². The number of thioether (sulfide) groups is 1. The summed E-state index contributed by atoms with van der Waals surface area (Å²) in [6.45, 7) is 5.57. The van der Waals surface area contributed by atoms with E-state index in [0.29, 0.717) is 5.69 Å². The highest BCUT2D eigenvalue weighted by molar-refractivity contribution is 8.16. The number of para-hydroxylation sites is 1. The molecule has 30 heavy (non-hydrogen) atoms. The van der Waals surface area contributed by atoms with Crippen LogP contribution in [0.3, 0.4) is 0 Å². The number of aryl methyl sites for hydroxylation is 1. The fraction of sp³-hybridized carbons (Fsp3) is 0.190. The predicted octanol–water partition coefficient (Wildman–Crippen LogP) is 3.20. The molecule has 2 amide bonds. The largest absolute Gasteiger partial charge is 0.326 e. The number of sulfonamides is 1. The monoisotopic (exact) mass is 443 g/mol. The zero-order valence-corrected chi connectivity index (χ0v) is 17.9. The molecule has 1 aliphatic heterocycles. The number of carbonyl (C=O) groups excluding carboxylic acids is 2. The van der Waals surface area contributed by atoms with Crippen LogP contribution in [0.15, 0.2) is 76.5 Å². The predicted molar refractivity (Wildman–Crippen MR) is 119 cm³/mol. The van der Waals surface area contributed by atoms with Crippen LogP contribution in [0, 0.1) is 6.92 Å². The molecule has 1 atom stereocenters. The van der Waals surface area contributed by atoms with Crippen LogP contribution in [-0.4, -0.2) is 42.1 Å². The summed E-state index contributed by atoms with van der Waals surface area (Å²) >= 11 is 0.969. The molecule has 9 heteroatoms. The van der Waals surface area contributed by atoms with Crippen molar-refractivity contribution in [2.75, 3.05) is 11.9 Å². The average Bonchev–Trinajstić information content (AvgIpc) is 2.97. The highest BCUT2D eigenvalue weighted by atomic mass is 32.2. The summed E-state index contributed by atoms with van der Waals surface area (Å²) in [6, 6.07) is 15.2. The molecule has 156 valence electrons. The van der Waals surface area contributed by atoms with Gasteiger partial charge in [-0.3, -0.25) is 14.5 Å². The van der Waals surface area contributed by atoms with Gasteiger partial charge in [-0.1, -0.05) is 53.7 Å². The molecular weight excluding hydrogens is 422 g/mol. The summed E-state index contributed by atoms with van der Waals surface area (Å²) in [7, 11) is -4.00. The lowest BCUT2D eigenvalue weighted by Crippen LogP contribution is -2.33. The Bertz CT molecular complexity index is 1080. The number of nitrogens with zero attached hydrogens (tertiary/aromatic N) is 2. The van der Waals surface area contributed by atoms with Crippen LogP contribution >= 0.6 is 11.8 Å². The summed E-state index contributed by atoms with van der Waals surface area (Å²) in [4.78, 5) is 26.4. The highest BCUT2D eigenvalue weighted by Crippen LogP contribution is 2.31. The van der Waals surface area contributed by atoms with Gasteiger partial charge in [0.1, 0.15) is 5.25 Å². The van der Waals surface area contributed by atoms with Gasteiger partial charge in [0.25, 0.3) is 10.0 Å². The summed E-state index contributed by atoms with van der Waals surface area (Å²) in [6.07, 6.45) is 1.38. The molecule has 3 rings (SSSR count). The zero-order valence-electron chi connectivity index (χ0n) is 16.3. The summed E-state index contributed by atoms with van der Waals surface area (Å²) < 4.78 is 29.2. The van der Waals surface area contributed by atoms with E-state index in [9.17, 15) is 18.0 Å². The number of amides is 2. The van der Waals surface area contributed by atoms with Crippen LogP contribution in [0.1, 0.15) is 12.0 Å². The summed E-state index contributed by atoms with van der Waals surface area (Å²) in [5.74, 6) is -0.714. The Balaban J connectivity index is 1.80. The maximum absolute atomic E-state index is 12.8. The lowest BCUT2D eigenvalue weighted by molar-refractivity contribution is -0.127. The van der Waals surface area contributed by atoms with Crippen LogP contribution in [0.2, 0.25) is 0 Å². The van der Waals surface area contributed by atoms with Crippen LogP contribution in [0.25, 0.3) is 0 Å². The number of amidine groups is 1. The normalized spacial score (nSPS) is 17.9. The third kappa shape index (κ3) is 5.17. The van der Waals surface area contributed by atoms with Crippen molar-refractivity contribution in [1.29, 1.82) is 0 Å². The number of benzene rings is 2. The maximum Gasteiger partial charge on any atom is 0.284 e. The lowest BCUT2D eigenvalue weighted by atomic mass is 10.2. The van der Waals surface area contributed by atoms with Crippen molar-refractivity contribution in [2.24, 2.45) is 4.40 Å². The maximum atomic E-state index is 12.8. The SMILES string of the molecule is C=CCN1C(=O)C(CC(=O)Nc2ccccc2)S/C1=N/S(=O)(=O)c1ccc(C)cc1. The van der Waals surface area contributed by atoms with Crippen molar-refractivity contribution in [2.45, 2.75) is 23.5 Å². The van der Waals surface area contributed by atoms with Gasteiger partial charge in [-0.2, -0.15) is 8.42 Å². The van der Waals surface area contributed by atoms with E-state index in [0.717, 1.165) is 17.3 Å². The number of rotatable bonds is 7. The molecular formula is C21H21N3O4S2. The van der Waals surface area contributed by atoms with Gasteiger partial charge >= 0.3 is 0 Å². The Hall–Kier alpha value is -2.91. The van der Waals surface area contributed by atoms with E-state index < -0.39 is 15.3 Å². The molecule has 0 radical (unpaired) electrons. The minimum atomic E-state index is -4.00. The Morgan fingerprint density at radius 2 is 1.87 bits per heavy atom. The van der Waals surface area contributed by atoms with Gasteiger partial charge in [0.15, 0.2) is 5.17 Å². The second-order valence-corrected chi connectivity index (χ2v) is 9.40. The number of anilines is 1. The minimum Gasteiger partial charge on any atom is -0.326 e. The molecule has 0 spiro atoms. The first-order chi connectivity index (χ1) is 14.3. The van der Waals surface area contributed by atoms with E-state index in [1.54, 1.807) is 36.4 Å². The highest BCUT2D eigenvalue weighted by Gasteiger charge is 2.39. The molecule has 1 unspecified atom stereocenters. The van der Waals surface area contributed by atoms with E-state index >= 15 is 0 Å². The number of carbonyl (C=O) groups is 2. The van der Waals surface area contributed by atoms with E-state index in [4.69, 9.17) is 0 Å². The summed E-state index contributed by atoms with van der Waals surface area (Å²) in [5.41, 5.74) is 1.54. The standard InChI is InChI=1S/C21H21N3O4S2/c1-3-13-24-20(26)18(14-19(25)22-16-7-5-4-6-8-16)29-21(24)23-30(27,28)17-11-9-15(2)10-12-17/h3-12,18H,1,13-14H2,2H3,(H,22,25)/b23-21+. The smallest absolute Gasteiger partial charge is 0.284 e. The third-order valence-electron chi connectivity index (χ3n) is 4.28. The molecule has 2 aromatic carbocycles. The first-order valence-corrected chi connectivity index (χ1v) is 11.5. The Morgan fingerprint density at radius 1 is 1.20 bits per heavy atom. The molecule has 1 aliphatic rings. The van der Waals surface area contributed by atoms with Crippen LogP contribution in [0.4, 0.5) is 5.69 Å². The zero-order chi connectivity index (χ0) is 21.7. The first-order valence-electron chi connectivity index (χ1n) is 9.15. The molecule has 0 bridgehead atoms. The topological polar surface area (TPSA) is 95.9 Å². The Morgan fingerprint density at radius 3 is 2.50 bits per heavy atom. The molecule has 1 heterocycles. The molecule has 1 fully saturated rings. The van der Waals surface area contributed by atoms with E-state index in [2.05, 4.69) is 16.3 Å². The van der Waals surface area contributed by atoms with Gasteiger partial charge in [0.2, 0.25) is 11.8 Å².